The molecule has 6 heteroatoms. The van der Waals surface area contributed by atoms with E-state index in [-0.39, 0.29) is 5.91 Å². The number of fused-ring (bicyclic) bond motifs is 1. The van der Waals surface area contributed by atoms with Crippen molar-refractivity contribution in [2.45, 2.75) is 18.0 Å². The summed E-state index contributed by atoms with van der Waals surface area (Å²) in [7, 11) is 0. The topological polar surface area (TPSA) is 41.4 Å². The lowest BCUT2D eigenvalue weighted by molar-refractivity contribution is 0.0621. The zero-order valence-electron chi connectivity index (χ0n) is 18.9. The van der Waals surface area contributed by atoms with Gasteiger partial charge in [-0.15, -0.1) is 11.8 Å². The Labute approximate surface area is 199 Å². The van der Waals surface area contributed by atoms with Crippen LogP contribution in [0.2, 0.25) is 0 Å². The number of hydrogen-bond donors (Lipinski definition) is 0. The fraction of sp³-hybridized carbons (Fsp3) is 0.259. The van der Waals surface area contributed by atoms with Crippen LogP contribution in [-0.4, -0.2) is 57.7 Å². The molecule has 5 nitrogen and oxygen atoms in total. The van der Waals surface area contributed by atoms with Crippen LogP contribution in [0, 0.1) is 0 Å². The Morgan fingerprint density at radius 1 is 0.848 bits per heavy atom. The Kier molecular flexibility index (Phi) is 6.46. The number of para-hydroxylation sites is 2. The molecule has 0 spiro atoms. The van der Waals surface area contributed by atoms with Crippen LogP contribution in [0.5, 0.6) is 0 Å². The first kappa shape index (κ1) is 21.7. The number of aromatic nitrogens is 2. The summed E-state index contributed by atoms with van der Waals surface area (Å²) in [5.41, 5.74) is 4.28. The van der Waals surface area contributed by atoms with E-state index in [2.05, 4.69) is 58.0 Å². The van der Waals surface area contributed by atoms with Gasteiger partial charge >= 0.3 is 0 Å². The standard InChI is InChI=1S/C27H28N4OS/c1-33-25-14-8-5-11-22(25)27(32)30-17-15-29(16-18-30)20-26-28-23-12-6-7-13-24(23)31(26)19-21-9-3-2-4-10-21/h2-14H,15-20H2,1H3. The summed E-state index contributed by atoms with van der Waals surface area (Å²) in [6.07, 6.45) is 2.02. The third-order valence-corrected chi connectivity index (χ3v) is 7.07. The van der Waals surface area contributed by atoms with Gasteiger partial charge in [0.05, 0.1) is 23.1 Å². The highest BCUT2D eigenvalue weighted by Gasteiger charge is 2.25. The molecule has 33 heavy (non-hydrogen) atoms. The van der Waals surface area contributed by atoms with E-state index in [0.717, 1.165) is 61.1 Å². The number of carbonyl (C=O) groups is 1. The van der Waals surface area contributed by atoms with Crippen molar-refractivity contribution in [2.24, 2.45) is 0 Å². The van der Waals surface area contributed by atoms with Crippen LogP contribution in [0.4, 0.5) is 0 Å². The molecule has 1 amide bonds. The molecule has 0 aliphatic carbocycles. The molecule has 0 bridgehead atoms. The van der Waals surface area contributed by atoms with Gasteiger partial charge in [-0.2, -0.15) is 0 Å². The van der Waals surface area contributed by atoms with Crippen molar-refractivity contribution in [3.05, 3.63) is 95.8 Å². The zero-order valence-corrected chi connectivity index (χ0v) is 19.7. The molecule has 0 unspecified atom stereocenters. The lowest BCUT2D eigenvalue weighted by Crippen LogP contribution is -2.48. The Morgan fingerprint density at radius 2 is 1.55 bits per heavy atom. The van der Waals surface area contributed by atoms with Gasteiger partial charge in [-0.25, -0.2) is 4.98 Å². The number of hydrogen-bond acceptors (Lipinski definition) is 4. The number of nitrogens with zero attached hydrogens (tertiary/aromatic N) is 4. The molecule has 5 rings (SSSR count). The quantitative estimate of drug-likeness (QED) is 0.392. The lowest BCUT2D eigenvalue weighted by atomic mass is 10.2. The molecular weight excluding hydrogens is 428 g/mol. The van der Waals surface area contributed by atoms with E-state index < -0.39 is 0 Å². The second kappa shape index (κ2) is 9.81. The number of amides is 1. The van der Waals surface area contributed by atoms with Gasteiger partial charge in [0.25, 0.3) is 5.91 Å². The number of thioether (sulfide) groups is 1. The number of rotatable bonds is 6. The van der Waals surface area contributed by atoms with Crippen molar-refractivity contribution in [3.63, 3.8) is 0 Å². The first-order valence-electron chi connectivity index (χ1n) is 11.4. The molecule has 0 N–H and O–H groups in total. The molecule has 1 aliphatic rings. The Hall–Kier alpha value is -3.09. The van der Waals surface area contributed by atoms with Crippen LogP contribution in [-0.2, 0) is 13.1 Å². The third kappa shape index (κ3) is 4.68. The number of piperazine rings is 1. The van der Waals surface area contributed by atoms with Gasteiger partial charge in [-0.1, -0.05) is 54.6 Å². The predicted molar refractivity (Wildman–Crippen MR) is 135 cm³/mol. The molecular formula is C27H28N4OS. The van der Waals surface area contributed by atoms with Crippen molar-refractivity contribution in [3.8, 4) is 0 Å². The summed E-state index contributed by atoms with van der Waals surface area (Å²) in [5.74, 6) is 1.21. The summed E-state index contributed by atoms with van der Waals surface area (Å²) >= 11 is 1.63. The molecule has 168 valence electrons. The molecule has 0 radical (unpaired) electrons. The molecule has 0 saturated carbocycles. The van der Waals surface area contributed by atoms with Crippen molar-refractivity contribution >= 4 is 28.7 Å². The van der Waals surface area contributed by atoms with Crippen molar-refractivity contribution in [1.82, 2.24) is 19.4 Å². The van der Waals surface area contributed by atoms with Gasteiger partial charge in [0, 0.05) is 37.6 Å². The minimum absolute atomic E-state index is 0.135. The van der Waals surface area contributed by atoms with Gasteiger partial charge < -0.3 is 9.47 Å². The molecule has 2 heterocycles. The van der Waals surface area contributed by atoms with Gasteiger partial charge in [-0.05, 0) is 36.1 Å². The smallest absolute Gasteiger partial charge is 0.255 e. The van der Waals surface area contributed by atoms with Crippen LogP contribution in [0.1, 0.15) is 21.7 Å². The minimum Gasteiger partial charge on any atom is -0.336 e. The maximum absolute atomic E-state index is 13.1. The highest BCUT2D eigenvalue weighted by Crippen LogP contribution is 2.23. The largest absolute Gasteiger partial charge is 0.336 e. The zero-order chi connectivity index (χ0) is 22.6. The maximum atomic E-state index is 13.1. The van der Waals surface area contributed by atoms with Crippen molar-refractivity contribution in [2.75, 3.05) is 32.4 Å². The van der Waals surface area contributed by atoms with E-state index >= 15 is 0 Å². The minimum atomic E-state index is 0.135. The molecule has 1 aromatic heterocycles. The first-order valence-corrected chi connectivity index (χ1v) is 12.6. The third-order valence-electron chi connectivity index (χ3n) is 6.28. The Bertz CT molecular complexity index is 1250. The van der Waals surface area contributed by atoms with E-state index in [4.69, 9.17) is 4.98 Å². The summed E-state index contributed by atoms with van der Waals surface area (Å²) in [4.78, 5) is 23.5. The maximum Gasteiger partial charge on any atom is 0.255 e. The van der Waals surface area contributed by atoms with Gasteiger partial charge in [-0.3, -0.25) is 9.69 Å². The lowest BCUT2D eigenvalue weighted by Gasteiger charge is -2.34. The van der Waals surface area contributed by atoms with Gasteiger partial charge in [0.2, 0.25) is 0 Å². The monoisotopic (exact) mass is 456 g/mol. The predicted octanol–water partition coefficient (Wildman–Crippen LogP) is 4.76. The molecule has 1 saturated heterocycles. The summed E-state index contributed by atoms with van der Waals surface area (Å²) < 4.78 is 2.33. The molecule has 4 aromatic rings. The SMILES string of the molecule is CSc1ccccc1C(=O)N1CCN(Cc2nc3ccccc3n2Cc2ccccc2)CC1. The summed E-state index contributed by atoms with van der Waals surface area (Å²) in [6.45, 7) is 4.76. The van der Waals surface area contributed by atoms with Crippen LogP contribution in [0.15, 0.2) is 83.8 Å². The fourth-order valence-corrected chi connectivity index (χ4v) is 5.08. The molecule has 1 aliphatic heterocycles. The van der Waals surface area contributed by atoms with Gasteiger partial charge in [0.15, 0.2) is 0 Å². The second-order valence-corrected chi connectivity index (χ2v) is 9.21. The average Bonchev–Trinajstić information content (AvgIpc) is 3.21. The number of carbonyl (C=O) groups excluding carboxylic acids is 1. The van der Waals surface area contributed by atoms with Crippen LogP contribution in [0.3, 0.4) is 0 Å². The van der Waals surface area contributed by atoms with E-state index in [1.165, 1.54) is 11.1 Å². The van der Waals surface area contributed by atoms with Crippen LogP contribution >= 0.6 is 11.8 Å². The average molecular weight is 457 g/mol. The van der Waals surface area contributed by atoms with E-state index in [1.807, 2.05) is 41.5 Å². The number of imidazole rings is 1. The normalized spacial score (nSPS) is 14.6. The second-order valence-electron chi connectivity index (χ2n) is 8.36. The Morgan fingerprint density at radius 3 is 2.33 bits per heavy atom. The highest BCUT2D eigenvalue weighted by molar-refractivity contribution is 7.98. The van der Waals surface area contributed by atoms with Crippen molar-refractivity contribution in [1.29, 1.82) is 0 Å². The first-order chi connectivity index (χ1) is 16.2. The molecule has 3 aromatic carbocycles. The van der Waals surface area contributed by atoms with Crippen LogP contribution in [0.25, 0.3) is 11.0 Å². The van der Waals surface area contributed by atoms with Crippen LogP contribution < -0.4 is 0 Å². The Balaban J connectivity index is 1.30. The van der Waals surface area contributed by atoms with E-state index in [1.54, 1.807) is 11.8 Å². The summed E-state index contributed by atoms with van der Waals surface area (Å²) in [6, 6.07) is 26.8. The molecule has 0 atom stereocenters. The summed E-state index contributed by atoms with van der Waals surface area (Å²) in [5, 5.41) is 0. The fourth-order valence-electron chi connectivity index (χ4n) is 4.49. The van der Waals surface area contributed by atoms with E-state index in [9.17, 15) is 4.79 Å². The molecule has 1 fully saturated rings. The van der Waals surface area contributed by atoms with E-state index in [0.29, 0.717) is 0 Å². The van der Waals surface area contributed by atoms with Gasteiger partial charge in [0.1, 0.15) is 5.82 Å². The van der Waals surface area contributed by atoms with Crippen molar-refractivity contribution < 1.29 is 4.79 Å². The highest BCUT2D eigenvalue weighted by atomic mass is 32.2. The number of benzene rings is 3.